The highest BCUT2D eigenvalue weighted by Crippen LogP contribution is 2.17. The van der Waals surface area contributed by atoms with Crippen LogP contribution in [0, 0.1) is 5.92 Å². The minimum Gasteiger partial charge on any atom is -0.316 e. The Morgan fingerprint density at radius 1 is 1.41 bits per heavy atom. The van der Waals surface area contributed by atoms with Crippen LogP contribution in [0.4, 0.5) is 0 Å². The number of hydrogen-bond acceptors (Lipinski definition) is 5. The van der Waals surface area contributed by atoms with E-state index in [1.807, 2.05) is 0 Å². The third-order valence-electron chi connectivity index (χ3n) is 2.78. The van der Waals surface area contributed by atoms with Gasteiger partial charge in [-0.1, -0.05) is 11.6 Å². The van der Waals surface area contributed by atoms with Crippen molar-refractivity contribution in [2.75, 3.05) is 18.8 Å². The number of nitrogens with one attached hydrogen (secondary N) is 1. The molecular formula is C10H14ClN3O2S. The second kappa shape index (κ2) is 5.29. The van der Waals surface area contributed by atoms with Crippen LogP contribution in [0.25, 0.3) is 0 Å². The maximum atomic E-state index is 12.0. The number of rotatable bonds is 3. The summed E-state index contributed by atoms with van der Waals surface area (Å²) < 4.78 is 24.1. The Morgan fingerprint density at radius 3 is 2.82 bits per heavy atom. The topological polar surface area (TPSA) is 72.0 Å². The quantitative estimate of drug-likeness (QED) is 0.887. The Labute approximate surface area is 106 Å². The van der Waals surface area contributed by atoms with Gasteiger partial charge in [0.1, 0.15) is 0 Å². The molecule has 5 nitrogen and oxygen atoms in total. The highest BCUT2D eigenvalue weighted by Gasteiger charge is 2.24. The minimum absolute atomic E-state index is 0.00692. The van der Waals surface area contributed by atoms with Crippen molar-refractivity contribution in [2.24, 2.45) is 5.92 Å². The Hall–Kier alpha value is -0.720. The predicted octanol–water partition coefficient (Wildman–Crippen LogP) is 0.903. The highest BCUT2D eigenvalue weighted by atomic mass is 35.5. The molecule has 1 aliphatic rings. The first-order valence-corrected chi connectivity index (χ1v) is 7.54. The molecule has 0 amide bonds. The van der Waals surface area contributed by atoms with E-state index in [9.17, 15) is 8.42 Å². The standard InChI is InChI=1S/C10H14ClN3O2S/c11-9-3-4-10(14-13-9)17(15,16)7-8-2-1-5-12-6-8/h3-4,8,12H,1-2,5-7H2/t8-/m1/s1. The molecule has 2 heterocycles. The summed E-state index contributed by atoms with van der Waals surface area (Å²) in [6.07, 6.45) is 1.96. The monoisotopic (exact) mass is 275 g/mol. The van der Waals surface area contributed by atoms with Gasteiger partial charge in [0.05, 0.1) is 5.75 Å². The Balaban J connectivity index is 2.10. The van der Waals surface area contributed by atoms with Gasteiger partial charge in [0.15, 0.2) is 20.0 Å². The molecule has 0 unspecified atom stereocenters. The van der Waals surface area contributed by atoms with Gasteiger partial charge in [-0.15, -0.1) is 10.2 Å². The molecule has 0 bridgehead atoms. The van der Waals surface area contributed by atoms with E-state index in [4.69, 9.17) is 11.6 Å². The van der Waals surface area contributed by atoms with Crippen LogP contribution in [0.3, 0.4) is 0 Å². The molecule has 2 rings (SSSR count). The molecule has 0 aromatic carbocycles. The van der Waals surface area contributed by atoms with E-state index >= 15 is 0 Å². The average Bonchev–Trinajstić information content (AvgIpc) is 2.30. The third-order valence-corrected chi connectivity index (χ3v) is 4.75. The molecule has 94 valence electrons. The van der Waals surface area contributed by atoms with Crippen LogP contribution < -0.4 is 5.32 Å². The smallest absolute Gasteiger partial charge is 0.197 e. The van der Waals surface area contributed by atoms with Gasteiger partial charge in [-0.2, -0.15) is 0 Å². The number of aromatic nitrogens is 2. The zero-order chi connectivity index (χ0) is 12.3. The fraction of sp³-hybridized carbons (Fsp3) is 0.600. The molecule has 1 aromatic rings. The zero-order valence-corrected chi connectivity index (χ0v) is 10.8. The lowest BCUT2D eigenvalue weighted by Gasteiger charge is -2.22. The van der Waals surface area contributed by atoms with Crippen molar-refractivity contribution in [3.8, 4) is 0 Å². The van der Waals surface area contributed by atoms with E-state index < -0.39 is 9.84 Å². The van der Waals surface area contributed by atoms with Gasteiger partial charge in [0.2, 0.25) is 0 Å². The first kappa shape index (κ1) is 12.7. The van der Waals surface area contributed by atoms with Crippen molar-refractivity contribution < 1.29 is 8.42 Å². The van der Waals surface area contributed by atoms with Crippen molar-refractivity contribution in [1.29, 1.82) is 0 Å². The summed E-state index contributed by atoms with van der Waals surface area (Å²) in [5.41, 5.74) is 0. The highest BCUT2D eigenvalue weighted by molar-refractivity contribution is 7.91. The molecule has 0 saturated carbocycles. The van der Waals surface area contributed by atoms with Gasteiger partial charge in [-0.25, -0.2) is 8.42 Å². The van der Waals surface area contributed by atoms with Crippen molar-refractivity contribution in [1.82, 2.24) is 15.5 Å². The van der Waals surface area contributed by atoms with Crippen molar-refractivity contribution in [3.05, 3.63) is 17.3 Å². The molecule has 1 fully saturated rings. The summed E-state index contributed by atoms with van der Waals surface area (Å²) in [6.45, 7) is 1.72. The Kier molecular flexibility index (Phi) is 3.96. The molecule has 1 aromatic heterocycles. The van der Waals surface area contributed by atoms with Crippen LogP contribution in [-0.4, -0.2) is 37.5 Å². The number of sulfone groups is 1. The van der Waals surface area contributed by atoms with Crippen LogP contribution in [0.5, 0.6) is 0 Å². The fourth-order valence-corrected chi connectivity index (χ4v) is 3.55. The van der Waals surface area contributed by atoms with E-state index in [0.717, 1.165) is 25.9 Å². The number of hydrogen-bond donors (Lipinski definition) is 1. The molecule has 0 radical (unpaired) electrons. The maximum Gasteiger partial charge on any atom is 0.197 e. The summed E-state index contributed by atoms with van der Waals surface area (Å²) in [7, 11) is -3.35. The fourth-order valence-electron chi connectivity index (χ4n) is 1.93. The lowest BCUT2D eigenvalue weighted by molar-refractivity contribution is 0.403. The molecule has 17 heavy (non-hydrogen) atoms. The summed E-state index contributed by atoms with van der Waals surface area (Å²) in [4.78, 5) is 0. The molecular weight excluding hydrogens is 262 g/mol. The third kappa shape index (κ3) is 3.37. The lowest BCUT2D eigenvalue weighted by Crippen LogP contribution is -2.34. The van der Waals surface area contributed by atoms with Gasteiger partial charge in [-0.05, 0) is 44.0 Å². The second-order valence-corrected chi connectivity index (χ2v) is 6.56. The van der Waals surface area contributed by atoms with E-state index in [1.54, 1.807) is 0 Å². The number of nitrogens with zero attached hydrogens (tertiary/aromatic N) is 2. The van der Waals surface area contributed by atoms with Gasteiger partial charge in [0, 0.05) is 0 Å². The van der Waals surface area contributed by atoms with Crippen molar-refractivity contribution in [3.63, 3.8) is 0 Å². The van der Waals surface area contributed by atoms with Crippen LogP contribution in [-0.2, 0) is 9.84 Å². The second-order valence-electron chi connectivity index (χ2n) is 4.19. The molecule has 0 aliphatic carbocycles. The van der Waals surface area contributed by atoms with Crippen LogP contribution in [0.15, 0.2) is 17.2 Å². The molecule has 7 heteroatoms. The van der Waals surface area contributed by atoms with Gasteiger partial charge in [0.25, 0.3) is 0 Å². The minimum atomic E-state index is -3.35. The normalized spacial score (nSPS) is 21.4. The van der Waals surface area contributed by atoms with E-state index in [2.05, 4.69) is 15.5 Å². The first-order valence-electron chi connectivity index (χ1n) is 5.50. The summed E-state index contributed by atoms with van der Waals surface area (Å²) in [5.74, 6) is 0.280. The Morgan fingerprint density at radius 2 is 2.24 bits per heavy atom. The molecule has 1 aliphatic heterocycles. The zero-order valence-electron chi connectivity index (χ0n) is 9.26. The molecule has 0 spiro atoms. The largest absolute Gasteiger partial charge is 0.316 e. The molecule has 1 N–H and O–H groups in total. The summed E-state index contributed by atoms with van der Waals surface area (Å²) >= 11 is 5.58. The predicted molar refractivity (Wildman–Crippen MR) is 64.7 cm³/mol. The first-order chi connectivity index (χ1) is 8.08. The van der Waals surface area contributed by atoms with Gasteiger partial charge < -0.3 is 5.32 Å². The average molecular weight is 276 g/mol. The van der Waals surface area contributed by atoms with Crippen molar-refractivity contribution >= 4 is 21.4 Å². The lowest BCUT2D eigenvalue weighted by atomic mass is 10.0. The summed E-state index contributed by atoms with van der Waals surface area (Å²) in [6, 6.07) is 2.85. The van der Waals surface area contributed by atoms with Gasteiger partial charge in [-0.3, -0.25) is 0 Å². The van der Waals surface area contributed by atoms with Crippen LogP contribution in [0.2, 0.25) is 5.15 Å². The Bertz CT molecular complexity index is 469. The van der Waals surface area contributed by atoms with Crippen molar-refractivity contribution in [2.45, 2.75) is 17.9 Å². The van der Waals surface area contributed by atoms with E-state index in [1.165, 1.54) is 12.1 Å². The molecule has 1 atom stereocenters. The van der Waals surface area contributed by atoms with Crippen LogP contribution >= 0.6 is 11.6 Å². The van der Waals surface area contributed by atoms with E-state index in [0.29, 0.717) is 0 Å². The van der Waals surface area contributed by atoms with Crippen LogP contribution in [0.1, 0.15) is 12.8 Å². The van der Waals surface area contributed by atoms with E-state index in [-0.39, 0.29) is 21.8 Å². The number of piperidine rings is 1. The molecule has 1 saturated heterocycles. The maximum absolute atomic E-state index is 12.0. The SMILES string of the molecule is O=S(=O)(C[C@@H]1CCCNC1)c1ccc(Cl)nn1. The summed E-state index contributed by atoms with van der Waals surface area (Å²) in [5, 5.41) is 10.6. The number of halogens is 1. The van der Waals surface area contributed by atoms with Gasteiger partial charge >= 0.3 is 0 Å².